The van der Waals surface area contributed by atoms with E-state index >= 15 is 0 Å². The summed E-state index contributed by atoms with van der Waals surface area (Å²) in [6.07, 6.45) is 1.03. The standard InChI is InChI=1S/C16H25N3O/c1-12(17-3)10-18-16(20)13(2)19-9-8-14-6-4-5-7-15(14)11-19/h4-7,12-13,17H,8-11H2,1-3H3,(H,18,20). The summed E-state index contributed by atoms with van der Waals surface area (Å²) >= 11 is 0. The quantitative estimate of drug-likeness (QED) is 0.847. The highest BCUT2D eigenvalue weighted by Crippen LogP contribution is 2.20. The summed E-state index contributed by atoms with van der Waals surface area (Å²) in [6, 6.07) is 8.73. The molecule has 1 aliphatic rings. The monoisotopic (exact) mass is 275 g/mol. The van der Waals surface area contributed by atoms with Crippen molar-refractivity contribution < 1.29 is 4.79 Å². The summed E-state index contributed by atoms with van der Waals surface area (Å²) in [5, 5.41) is 6.13. The molecule has 2 N–H and O–H groups in total. The number of amides is 1. The third-order valence-corrected chi connectivity index (χ3v) is 4.16. The van der Waals surface area contributed by atoms with Gasteiger partial charge in [0.05, 0.1) is 6.04 Å². The van der Waals surface area contributed by atoms with Crippen molar-refractivity contribution in [1.82, 2.24) is 15.5 Å². The minimum absolute atomic E-state index is 0.0765. The molecule has 0 saturated heterocycles. The van der Waals surface area contributed by atoms with Crippen LogP contribution < -0.4 is 10.6 Å². The molecule has 1 heterocycles. The minimum Gasteiger partial charge on any atom is -0.353 e. The molecular weight excluding hydrogens is 250 g/mol. The Morgan fingerprint density at radius 2 is 2.00 bits per heavy atom. The van der Waals surface area contributed by atoms with Crippen molar-refractivity contribution in [2.45, 2.75) is 38.9 Å². The van der Waals surface area contributed by atoms with Crippen molar-refractivity contribution in [3.63, 3.8) is 0 Å². The van der Waals surface area contributed by atoms with Crippen LogP contribution in [0.1, 0.15) is 25.0 Å². The first-order chi connectivity index (χ1) is 9.61. The van der Waals surface area contributed by atoms with Gasteiger partial charge in [-0.3, -0.25) is 9.69 Å². The molecule has 0 fully saturated rings. The van der Waals surface area contributed by atoms with Gasteiger partial charge in [-0.25, -0.2) is 0 Å². The molecule has 1 aliphatic heterocycles. The molecule has 0 spiro atoms. The van der Waals surface area contributed by atoms with E-state index in [2.05, 4.69) is 46.7 Å². The van der Waals surface area contributed by atoms with Gasteiger partial charge in [-0.15, -0.1) is 0 Å². The van der Waals surface area contributed by atoms with Crippen LogP contribution in [0, 0.1) is 0 Å². The average Bonchev–Trinajstić information content (AvgIpc) is 2.50. The van der Waals surface area contributed by atoms with Crippen LogP contribution in [0.3, 0.4) is 0 Å². The number of carbonyl (C=O) groups excluding carboxylic acids is 1. The molecule has 0 aliphatic carbocycles. The highest BCUT2D eigenvalue weighted by Gasteiger charge is 2.24. The number of benzene rings is 1. The molecule has 4 heteroatoms. The topological polar surface area (TPSA) is 44.4 Å². The lowest BCUT2D eigenvalue weighted by Gasteiger charge is -2.33. The molecule has 4 nitrogen and oxygen atoms in total. The zero-order valence-electron chi connectivity index (χ0n) is 12.6. The fourth-order valence-corrected chi connectivity index (χ4v) is 2.52. The molecule has 0 saturated carbocycles. The predicted octanol–water partition coefficient (Wildman–Crippen LogP) is 1.16. The van der Waals surface area contributed by atoms with E-state index in [1.807, 2.05) is 14.0 Å². The van der Waals surface area contributed by atoms with Gasteiger partial charge in [0.25, 0.3) is 0 Å². The fourth-order valence-electron chi connectivity index (χ4n) is 2.52. The number of rotatable bonds is 5. The van der Waals surface area contributed by atoms with Crippen LogP contribution in [0.25, 0.3) is 0 Å². The maximum absolute atomic E-state index is 12.2. The first-order valence-electron chi connectivity index (χ1n) is 7.37. The molecule has 1 amide bonds. The van der Waals surface area contributed by atoms with Gasteiger partial charge >= 0.3 is 0 Å². The van der Waals surface area contributed by atoms with Crippen molar-refractivity contribution in [2.24, 2.45) is 0 Å². The summed E-state index contributed by atoms with van der Waals surface area (Å²) in [7, 11) is 1.90. The maximum Gasteiger partial charge on any atom is 0.237 e. The first-order valence-corrected chi connectivity index (χ1v) is 7.37. The SMILES string of the molecule is CNC(C)CNC(=O)C(C)N1CCc2ccccc2C1. The van der Waals surface area contributed by atoms with Gasteiger partial charge in [-0.05, 0) is 38.4 Å². The van der Waals surface area contributed by atoms with E-state index in [4.69, 9.17) is 0 Å². The number of hydrogen-bond donors (Lipinski definition) is 2. The van der Waals surface area contributed by atoms with E-state index < -0.39 is 0 Å². The van der Waals surface area contributed by atoms with Gasteiger partial charge < -0.3 is 10.6 Å². The highest BCUT2D eigenvalue weighted by atomic mass is 16.2. The first kappa shape index (κ1) is 15.0. The van der Waals surface area contributed by atoms with Crippen molar-refractivity contribution in [2.75, 3.05) is 20.1 Å². The van der Waals surface area contributed by atoms with E-state index in [-0.39, 0.29) is 11.9 Å². The highest BCUT2D eigenvalue weighted by molar-refractivity contribution is 5.81. The van der Waals surface area contributed by atoms with Gasteiger partial charge in [0, 0.05) is 25.7 Å². The largest absolute Gasteiger partial charge is 0.353 e. The number of carbonyl (C=O) groups is 1. The Hall–Kier alpha value is -1.39. The predicted molar refractivity (Wildman–Crippen MR) is 81.5 cm³/mol. The number of likely N-dealkylation sites (N-methyl/N-ethyl adjacent to an activating group) is 1. The zero-order chi connectivity index (χ0) is 14.5. The molecule has 2 atom stereocenters. The second-order valence-electron chi connectivity index (χ2n) is 5.60. The Morgan fingerprint density at radius 1 is 1.30 bits per heavy atom. The second-order valence-corrected chi connectivity index (χ2v) is 5.60. The molecule has 2 unspecified atom stereocenters. The summed E-state index contributed by atoms with van der Waals surface area (Å²) in [5.74, 6) is 0.117. The maximum atomic E-state index is 12.2. The average molecular weight is 275 g/mol. The fraction of sp³-hybridized carbons (Fsp3) is 0.562. The van der Waals surface area contributed by atoms with E-state index in [1.165, 1.54) is 11.1 Å². The molecule has 20 heavy (non-hydrogen) atoms. The van der Waals surface area contributed by atoms with Crippen LogP contribution in [0.2, 0.25) is 0 Å². The minimum atomic E-state index is -0.0765. The van der Waals surface area contributed by atoms with Crippen molar-refractivity contribution >= 4 is 5.91 Å². The molecule has 110 valence electrons. The van der Waals surface area contributed by atoms with Crippen LogP contribution in [0.15, 0.2) is 24.3 Å². The van der Waals surface area contributed by atoms with Gasteiger partial charge in [0.1, 0.15) is 0 Å². The normalized spacial score (nSPS) is 18.1. The van der Waals surface area contributed by atoms with Crippen LogP contribution >= 0.6 is 0 Å². The molecule has 0 radical (unpaired) electrons. The Bertz CT molecular complexity index is 461. The van der Waals surface area contributed by atoms with E-state index in [0.29, 0.717) is 12.6 Å². The molecule has 1 aromatic rings. The number of nitrogens with zero attached hydrogens (tertiary/aromatic N) is 1. The van der Waals surface area contributed by atoms with Gasteiger partial charge in [-0.1, -0.05) is 24.3 Å². The van der Waals surface area contributed by atoms with Gasteiger partial charge in [0.15, 0.2) is 0 Å². The zero-order valence-corrected chi connectivity index (χ0v) is 12.6. The Balaban J connectivity index is 1.90. The molecular formula is C16H25N3O. The molecule has 0 bridgehead atoms. The van der Waals surface area contributed by atoms with Crippen LogP contribution in [0.5, 0.6) is 0 Å². The third kappa shape index (κ3) is 3.58. The van der Waals surface area contributed by atoms with Gasteiger partial charge in [-0.2, -0.15) is 0 Å². The van der Waals surface area contributed by atoms with E-state index in [0.717, 1.165) is 19.5 Å². The summed E-state index contributed by atoms with van der Waals surface area (Å²) in [6.45, 7) is 6.54. The lowest BCUT2D eigenvalue weighted by atomic mass is 9.99. The van der Waals surface area contributed by atoms with Crippen molar-refractivity contribution in [1.29, 1.82) is 0 Å². The van der Waals surface area contributed by atoms with E-state index in [1.54, 1.807) is 0 Å². The van der Waals surface area contributed by atoms with Crippen LogP contribution in [-0.4, -0.2) is 43.0 Å². The summed E-state index contributed by atoms with van der Waals surface area (Å²) < 4.78 is 0. The van der Waals surface area contributed by atoms with Crippen LogP contribution in [-0.2, 0) is 17.8 Å². The molecule has 2 rings (SSSR count). The summed E-state index contributed by atoms with van der Waals surface area (Å²) in [5.41, 5.74) is 2.77. The second kappa shape index (κ2) is 6.86. The third-order valence-electron chi connectivity index (χ3n) is 4.16. The van der Waals surface area contributed by atoms with Gasteiger partial charge in [0.2, 0.25) is 5.91 Å². The Labute approximate surface area is 121 Å². The summed E-state index contributed by atoms with van der Waals surface area (Å²) in [4.78, 5) is 14.4. The lowest BCUT2D eigenvalue weighted by molar-refractivity contribution is -0.126. The smallest absolute Gasteiger partial charge is 0.237 e. The number of nitrogens with one attached hydrogen (secondary N) is 2. The Kier molecular flexibility index (Phi) is 5.15. The lowest BCUT2D eigenvalue weighted by Crippen LogP contribution is -2.49. The number of hydrogen-bond acceptors (Lipinski definition) is 3. The van der Waals surface area contributed by atoms with Crippen LogP contribution in [0.4, 0.5) is 0 Å². The molecule has 1 aromatic carbocycles. The van der Waals surface area contributed by atoms with E-state index in [9.17, 15) is 4.79 Å². The van der Waals surface area contributed by atoms with Crippen molar-refractivity contribution in [3.05, 3.63) is 35.4 Å². The van der Waals surface area contributed by atoms with Crippen molar-refractivity contribution in [3.8, 4) is 0 Å². The number of fused-ring (bicyclic) bond motifs is 1. The Morgan fingerprint density at radius 3 is 2.70 bits per heavy atom. The molecule has 0 aromatic heterocycles.